The lowest BCUT2D eigenvalue weighted by Gasteiger charge is -2.34. The summed E-state index contributed by atoms with van der Waals surface area (Å²) in [5, 5.41) is 2.79. The number of anilines is 1. The van der Waals surface area contributed by atoms with Gasteiger partial charge in [0.25, 0.3) is 11.8 Å². The van der Waals surface area contributed by atoms with Gasteiger partial charge in [0.1, 0.15) is 18.1 Å². The summed E-state index contributed by atoms with van der Waals surface area (Å²) in [5.74, 6) is 0.101. The molecular weight excluding hydrogens is 410 g/mol. The van der Waals surface area contributed by atoms with Gasteiger partial charge in [-0.2, -0.15) is 0 Å². The number of fused-ring (bicyclic) bond motifs is 1. The van der Waals surface area contributed by atoms with Gasteiger partial charge in [0, 0.05) is 57.4 Å². The van der Waals surface area contributed by atoms with Crippen LogP contribution in [0.2, 0.25) is 0 Å². The smallest absolute Gasteiger partial charge is 0.275 e. The molecule has 0 bridgehead atoms. The van der Waals surface area contributed by atoms with E-state index in [1.165, 1.54) is 18.6 Å². The third kappa shape index (κ3) is 5.60. The maximum atomic E-state index is 13.2. The number of nitrogens with one attached hydrogen (secondary N) is 1. The van der Waals surface area contributed by atoms with Crippen LogP contribution in [0, 0.1) is 5.92 Å². The molecule has 1 aliphatic rings. The average Bonchev–Trinajstić information content (AvgIpc) is 2.80. The van der Waals surface area contributed by atoms with E-state index < -0.39 is 0 Å². The number of hydrogen-bond acceptors (Lipinski definition) is 7. The van der Waals surface area contributed by atoms with Crippen molar-refractivity contribution in [3.63, 3.8) is 0 Å². The minimum atomic E-state index is -0.389. The zero-order valence-corrected chi connectivity index (χ0v) is 19.2. The van der Waals surface area contributed by atoms with Crippen molar-refractivity contribution in [2.45, 2.75) is 26.0 Å². The van der Waals surface area contributed by atoms with Gasteiger partial charge in [-0.25, -0.2) is 4.98 Å². The number of ether oxygens (including phenoxy) is 2. The van der Waals surface area contributed by atoms with E-state index in [2.05, 4.69) is 41.1 Å². The second kappa shape index (κ2) is 10.5. The number of nitrogens with zero attached hydrogens (tertiary/aromatic N) is 4. The van der Waals surface area contributed by atoms with Crippen LogP contribution in [0.5, 0.6) is 5.75 Å². The highest BCUT2D eigenvalue weighted by Gasteiger charge is 2.27. The molecule has 1 aliphatic heterocycles. The van der Waals surface area contributed by atoms with Gasteiger partial charge < -0.3 is 19.7 Å². The third-order valence-electron chi connectivity index (χ3n) is 5.81. The SMILES string of the molecule is CO[C@H]1CN(C)C(=O)c2ccc(NC(=O)c3cnccn3)cc2OC[C@@H](C)N(C)C[C@@H]1C. The van der Waals surface area contributed by atoms with Gasteiger partial charge in [0.05, 0.1) is 17.9 Å². The number of amides is 2. The van der Waals surface area contributed by atoms with Crippen molar-refractivity contribution in [1.29, 1.82) is 0 Å². The number of carbonyl (C=O) groups excluding carboxylic acids is 2. The van der Waals surface area contributed by atoms with Crippen molar-refractivity contribution >= 4 is 17.5 Å². The minimum absolute atomic E-state index is 0.0899. The van der Waals surface area contributed by atoms with Gasteiger partial charge in [-0.05, 0) is 32.0 Å². The summed E-state index contributed by atoms with van der Waals surface area (Å²) >= 11 is 0. The fourth-order valence-corrected chi connectivity index (χ4v) is 3.64. The predicted octanol–water partition coefficient (Wildman–Crippen LogP) is 2.16. The number of carbonyl (C=O) groups is 2. The molecule has 0 saturated heterocycles. The molecule has 1 aromatic carbocycles. The quantitative estimate of drug-likeness (QED) is 0.780. The zero-order valence-electron chi connectivity index (χ0n) is 19.2. The molecule has 2 amide bonds. The number of likely N-dealkylation sites (N-methyl/N-ethyl adjacent to an activating group) is 2. The van der Waals surface area contributed by atoms with Gasteiger partial charge in [-0.3, -0.25) is 19.5 Å². The highest BCUT2D eigenvalue weighted by Crippen LogP contribution is 2.27. The summed E-state index contributed by atoms with van der Waals surface area (Å²) < 4.78 is 11.8. The fraction of sp³-hybridized carbons (Fsp3) is 0.478. The van der Waals surface area contributed by atoms with Crippen LogP contribution < -0.4 is 10.1 Å². The van der Waals surface area contributed by atoms with Gasteiger partial charge in [0.15, 0.2) is 0 Å². The van der Waals surface area contributed by atoms with Gasteiger partial charge in [0.2, 0.25) is 0 Å². The molecule has 0 saturated carbocycles. The van der Waals surface area contributed by atoms with Crippen molar-refractivity contribution in [2.75, 3.05) is 46.2 Å². The minimum Gasteiger partial charge on any atom is -0.491 e. The van der Waals surface area contributed by atoms with E-state index in [-0.39, 0.29) is 35.6 Å². The van der Waals surface area contributed by atoms with Crippen molar-refractivity contribution in [2.24, 2.45) is 5.92 Å². The van der Waals surface area contributed by atoms with Crippen LogP contribution in [0.1, 0.15) is 34.7 Å². The highest BCUT2D eigenvalue weighted by atomic mass is 16.5. The molecule has 9 heteroatoms. The molecule has 3 atom stereocenters. The Morgan fingerprint density at radius 1 is 1.22 bits per heavy atom. The molecule has 9 nitrogen and oxygen atoms in total. The molecule has 2 heterocycles. The molecule has 0 spiro atoms. The van der Waals surface area contributed by atoms with Crippen molar-refractivity contribution in [3.8, 4) is 5.75 Å². The van der Waals surface area contributed by atoms with Crippen LogP contribution in [-0.2, 0) is 4.74 Å². The maximum absolute atomic E-state index is 13.2. The first kappa shape index (κ1) is 23.6. The van der Waals surface area contributed by atoms with E-state index >= 15 is 0 Å². The molecular formula is C23H31N5O4. The molecule has 1 aromatic heterocycles. The lowest BCUT2D eigenvalue weighted by atomic mass is 10.0. The van der Waals surface area contributed by atoms with Crippen molar-refractivity contribution < 1.29 is 19.1 Å². The standard InChI is InChI=1S/C23H31N5O4/c1-15-12-27(3)16(2)14-32-20-10-17(26-22(29)19-11-24-8-9-25-19)6-7-18(20)23(30)28(4)13-21(15)31-5/h6-11,15-16,21H,12-14H2,1-5H3,(H,26,29)/t15-,16+,21-/m0/s1. The Balaban J connectivity index is 1.89. The Morgan fingerprint density at radius 2 is 2.00 bits per heavy atom. The van der Waals surface area contributed by atoms with E-state index in [1.807, 2.05) is 0 Å². The monoisotopic (exact) mass is 441 g/mol. The summed E-state index contributed by atoms with van der Waals surface area (Å²) in [4.78, 5) is 37.4. The van der Waals surface area contributed by atoms with Crippen molar-refractivity contribution in [3.05, 3.63) is 48.0 Å². The van der Waals surface area contributed by atoms with Gasteiger partial charge >= 0.3 is 0 Å². The Hall–Kier alpha value is -3.04. The first-order valence-corrected chi connectivity index (χ1v) is 10.6. The Labute approximate surface area is 188 Å². The second-order valence-electron chi connectivity index (χ2n) is 8.29. The molecule has 1 N–H and O–H groups in total. The number of hydrogen-bond donors (Lipinski definition) is 1. The summed E-state index contributed by atoms with van der Waals surface area (Å²) in [7, 11) is 5.49. The van der Waals surface area contributed by atoms with Crippen LogP contribution >= 0.6 is 0 Å². The number of benzene rings is 1. The lowest BCUT2D eigenvalue weighted by Crippen LogP contribution is -2.45. The largest absolute Gasteiger partial charge is 0.491 e. The van der Waals surface area contributed by atoms with Crippen LogP contribution in [0.15, 0.2) is 36.8 Å². The Kier molecular flexibility index (Phi) is 7.76. The average molecular weight is 442 g/mol. The molecule has 0 aliphatic carbocycles. The van der Waals surface area contributed by atoms with Gasteiger partial charge in [-0.1, -0.05) is 6.92 Å². The summed E-state index contributed by atoms with van der Waals surface area (Å²) in [6.07, 6.45) is 4.26. The maximum Gasteiger partial charge on any atom is 0.275 e. The normalized spacial score (nSPS) is 22.8. The molecule has 32 heavy (non-hydrogen) atoms. The molecule has 172 valence electrons. The Bertz CT molecular complexity index is 939. The summed E-state index contributed by atoms with van der Waals surface area (Å²) in [6.45, 7) is 5.87. The van der Waals surface area contributed by atoms with E-state index in [0.717, 1.165) is 6.54 Å². The molecule has 2 aromatic rings. The fourth-order valence-electron chi connectivity index (χ4n) is 3.64. The van der Waals surface area contributed by atoms with Crippen LogP contribution in [0.4, 0.5) is 5.69 Å². The predicted molar refractivity (Wildman–Crippen MR) is 121 cm³/mol. The second-order valence-corrected chi connectivity index (χ2v) is 8.29. The van der Waals surface area contributed by atoms with E-state index in [0.29, 0.717) is 30.2 Å². The first-order valence-electron chi connectivity index (χ1n) is 10.6. The number of aromatic nitrogens is 2. The molecule has 0 unspecified atom stereocenters. The van der Waals surface area contributed by atoms with E-state index in [1.54, 1.807) is 37.3 Å². The zero-order chi connectivity index (χ0) is 23.3. The van der Waals surface area contributed by atoms with E-state index in [4.69, 9.17) is 9.47 Å². The summed E-state index contributed by atoms with van der Waals surface area (Å²) in [5.41, 5.74) is 1.14. The van der Waals surface area contributed by atoms with Crippen LogP contribution in [0.25, 0.3) is 0 Å². The topological polar surface area (TPSA) is 96.9 Å². The third-order valence-corrected chi connectivity index (χ3v) is 5.81. The number of methoxy groups -OCH3 is 1. The van der Waals surface area contributed by atoms with Gasteiger partial charge in [-0.15, -0.1) is 0 Å². The Morgan fingerprint density at radius 3 is 2.69 bits per heavy atom. The number of rotatable bonds is 3. The highest BCUT2D eigenvalue weighted by molar-refractivity contribution is 6.03. The first-order chi connectivity index (χ1) is 15.3. The lowest BCUT2D eigenvalue weighted by molar-refractivity contribution is 0.0150. The molecule has 3 rings (SSSR count). The van der Waals surface area contributed by atoms with Crippen LogP contribution in [-0.4, -0.2) is 84.6 Å². The summed E-state index contributed by atoms with van der Waals surface area (Å²) in [6, 6.07) is 5.14. The van der Waals surface area contributed by atoms with Crippen molar-refractivity contribution in [1.82, 2.24) is 19.8 Å². The van der Waals surface area contributed by atoms with Crippen LogP contribution in [0.3, 0.4) is 0 Å². The molecule has 0 radical (unpaired) electrons. The van der Waals surface area contributed by atoms with E-state index in [9.17, 15) is 9.59 Å². The molecule has 0 fully saturated rings.